The summed E-state index contributed by atoms with van der Waals surface area (Å²) in [6.07, 6.45) is 0. The maximum absolute atomic E-state index is 5.62. The van der Waals surface area contributed by atoms with Gasteiger partial charge >= 0.3 is 0 Å². The van der Waals surface area contributed by atoms with Crippen LogP contribution in [0.5, 0.6) is 5.75 Å². The van der Waals surface area contributed by atoms with Gasteiger partial charge in [-0.05, 0) is 50.2 Å². The van der Waals surface area contributed by atoms with Crippen molar-refractivity contribution in [3.8, 4) is 5.75 Å². The van der Waals surface area contributed by atoms with E-state index in [1.807, 2.05) is 0 Å². The molecular weight excluding hydrogens is 204 g/mol. The first kappa shape index (κ1) is 12.3. The molecule has 0 unspecified atom stereocenters. The third-order valence-electron chi connectivity index (χ3n) is 2.00. The molecule has 84 valence electrons. The normalized spacial score (nSPS) is 10.7. The molecule has 0 spiro atoms. The van der Waals surface area contributed by atoms with Crippen molar-refractivity contribution >= 4 is 9.04 Å². The van der Waals surface area contributed by atoms with E-state index >= 15 is 0 Å². The molecule has 0 saturated heterocycles. The van der Waals surface area contributed by atoms with Crippen LogP contribution in [0.25, 0.3) is 0 Å². The monoisotopic (exact) mass is 224 g/mol. The van der Waals surface area contributed by atoms with Crippen LogP contribution in [0, 0.1) is 13.8 Å². The molecule has 0 atom stereocenters. The molecule has 3 heteroatoms. The summed E-state index contributed by atoms with van der Waals surface area (Å²) in [5, 5.41) is 0. The Bertz CT molecular complexity index is 290. The average molecular weight is 224 g/mol. The molecule has 0 saturated carbocycles. The Kier molecular flexibility index (Phi) is 4.85. The summed E-state index contributed by atoms with van der Waals surface area (Å²) in [5.41, 5.74) is 2.48. The molecule has 0 aliphatic rings. The number of rotatable bonds is 5. The van der Waals surface area contributed by atoms with E-state index < -0.39 is 9.04 Å². The highest BCUT2D eigenvalue weighted by molar-refractivity contribution is 6.48. The second-order valence-electron chi connectivity index (χ2n) is 4.09. The van der Waals surface area contributed by atoms with Crippen LogP contribution in [0.1, 0.15) is 11.1 Å². The summed E-state index contributed by atoms with van der Waals surface area (Å²) in [4.78, 5) is 0. The molecule has 1 aromatic carbocycles. The quantitative estimate of drug-likeness (QED) is 0.565. The van der Waals surface area contributed by atoms with Gasteiger partial charge in [-0.1, -0.05) is 6.07 Å². The van der Waals surface area contributed by atoms with Crippen LogP contribution in [0.2, 0.25) is 13.1 Å². The van der Waals surface area contributed by atoms with Gasteiger partial charge in [-0.2, -0.15) is 0 Å². The first-order valence-electron chi connectivity index (χ1n) is 5.40. The molecule has 1 rings (SSSR count). The summed E-state index contributed by atoms with van der Waals surface area (Å²) in [5.74, 6) is 0.946. The first-order valence-corrected chi connectivity index (χ1v) is 8.18. The number of aryl methyl sites for hydroxylation is 2. The summed E-state index contributed by atoms with van der Waals surface area (Å²) in [7, 11) is -0.896. The summed E-state index contributed by atoms with van der Waals surface area (Å²) < 4.78 is 11.2. The van der Waals surface area contributed by atoms with Crippen molar-refractivity contribution in [1.29, 1.82) is 0 Å². The molecule has 0 bridgehead atoms. The second-order valence-corrected chi connectivity index (χ2v) is 6.52. The van der Waals surface area contributed by atoms with E-state index in [-0.39, 0.29) is 0 Å². The van der Waals surface area contributed by atoms with E-state index in [4.69, 9.17) is 9.16 Å². The van der Waals surface area contributed by atoms with Crippen LogP contribution < -0.4 is 4.74 Å². The number of benzene rings is 1. The largest absolute Gasteiger partial charge is 0.491 e. The second kappa shape index (κ2) is 5.93. The number of ether oxygens (including phenoxy) is 1. The van der Waals surface area contributed by atoms with E-state index in [1.165, 1.54) is 11.1 Å². The molecule has 0 aromatic heterocycles. The molecule has 15 heavy (non-hydrogen) atoms. The maximum atomic E-state index is 5.62. The third-order valence-corrected chi connectivity index (χ3v) is 2.90. The fraction of sp³-hybridized carbons (Fsp3) is 0.500. The minimum atomic E-state index is -0.896. The molecule has 0 aliphatic carbocycles. The van der Waals surface area contributed by atoms with Crippen LogP contribution in [-0.4, -0.2) is 22.3 Å². The Labute approximate surface area is 93.9 Å². The first-order chi connectivity index (χ1) is 7.08. The van der Waals surface area contributed by atoms with Crippen LogP contribution in [0.4, 0.5) is 0 Å². The Balaban J connectivity index is 2.37. The van der Waals surface area contributed by atoms with Crippen LogP contribution >= 0.6 is 0 Å². The maximum Gasteiger partial charge on any atom is 0.171 e. The summed E-state index contributed by atoms with van der Waals surface area (Å²) >= 11 is 0. The van der Waals surface area contributed by atoms with Crippen LogP contribution in [0.3, 0.4) is 0 Å². The van der Waals surface area contributed by atoms with Gasteiger partial charge < -0.3 is 9.16 Å². The Morgan fingerprint density at radius 3 is 2.13 bits per heavy atom. The lowest BCUT2D eigenvalue weighted by Gasteiger charge is -2.10. The highest BCUT2D eigenvalue weighted by Crippen LogP contribution is 2.15. The van der Waals surface area contributed by atoms with Crippen molar-refractivity contribution in [3.05, 3.63) is 29.3 Å². The predicted molar refractivity (Wildman–Crippen MR) is 66.2 cm³/mol. The van der Waals surface area contributed by atoms with Gasteiger partial charge in [0, 0.05) is 0 Å². The van der Waals surface area contributed by atoms with Gasteiger partial charge in [0.1, 0.15) is 12.4 Å². The zero-order valence-electron chi connectivity index (χ0n) is 10.0. The summed E-state index contributed by atoms with van der Waals surface area (Å²) in [6, 6.07) is 6.25. The standard InChI is InChI=1S/C12H20O2Si/c1-10-7-11(2)9-12(8-10)13-5-6-14-15(3)4/h7-9,15H,5-6H2,1-4H3. The van der Waals surface area contributed by atoms with Gasteiger partial charge in [0.05, 0.1) is 6.61 Å². The molecule has 0 radical (unpaired) electrons. The van der Waals surface area contributed by atoms with Crippen molar-refractivity contribution in [2.24, 2.45) is 0 Å². The number of hydrogen-bond donors (Lipinski definition) is 0. The lowest BCUT2D eigenvalue weighted by molar-refractivity contribution is 0.219. The molecule has 0 amide bonds. The van der Waals surface area contributed by atoms with Gasteiger partial charge in [-0.15, -0.1) is 0 Å². The molecule has 2 nitrogen and oxygen atoms in total. The Hall–Kier alpha value is -0.803. The SMILES string of the molecule is Cc1cc(C)cc(OCCO[SiH](C)C)c1. The highest BCUT2D eigenvalue weighted by Gasteiger charge is 1.98. The average Bonchev–Trinajstić information content (AvgIpc) is 2.10. The van der Waals surface area contributed by atoms with Crippen molar-refractivity contribution in [3.63, 3.8) is 0 Å². The summed E-state index contributed by atoms with van der Waals surface area (Å²) in [6.45, 7) is 9.84. The van der Waals surface area contributed by atoms with Crippen molar-refractivity contribution in [2.75, 3.05) is 13.2 Å². The van der Waals surface area contributed by atoms with E-state index in [0.717, 1.165) is 5.75 Å². The zero-order chi connectivity index (χ0) is 11.3. The van der Waals surface area contributed by atoms with E-state index in [9.17, 15) is 0 Å². The Morgan fingerprint density at radius 1 is 1.00 bits per heavy atom. The van der Waals surface area contributed by atoms with Crippen molar-refractivity contribution < 1.29 is 9.16 Å². The van der Waals surface area contributed by atoms with Gasteiger partial charge in [-0.3, -0.25) is 0 Å². The van der Waals surface area contributed by atoms with Gasteiger partial charge in [-0.25, -0.2) is 0 Å². The lowest BCUT2D eigenvalue weighted by atomic mass is 10.1. The molecule has 0 fully saturated rings. The fourth-order valence-electron chi connectivity index (χ4n) is 1.46. The van der Waals surface area contributed by atoms with Crippen LogP contribution in [-0.2, 0) is 4.43 Å². The van der Waals surface area contributed by atoms with Gasteiger partial charge in [0.25, 0.3) is 0 Å². The zero-order valence-corrected chi connectivity index (χ0v) is 11.2. The van der Waals surface area contributed by atoms with E-state index in [1.54, 1.807) is 0 Å². The van der Waals surface area contributed by atoms with Crippen LogP contribution in [0.15, 0.2) is 18.2 Å². The topological polar surface area (TPSA) is 18.5 Å². The van der Waals surface area contributed by atoms with Crippen molar-refractivity contribution in [2.45, 2.75) is 26.9 Å². The van der Waals surface area contributed by atoms with E-state index in [2.05, 4.69) is 45.1 Å². The number of hydrogen-bond acceptors (Lipinski definition) is 2. The molecule has 0 N–H and O–H groups in total. The fourth-order valence-corrected chi connectivity index (χ4v) is 2.03. The molecule has 0 heterocycles. The van der Waals surface area contributed by atoms with Gasteiger partial charge in [0.15, 0.2) is 9.04 Å². The van der Waals surface area contributed by atoms with Gasteiger partial charge in [0.2, 0.25) is 0 Å². The molecule has 1 aromatic rings. The van der Waals surface area contributed by atoms with Crippen molar-refractivity contribution in [1.82, 2.24) is 0 Å². The molecular formula is C12H20O2Si. The smallest absolute Gasteiger partial charge is 0.171 e. The minimum absolute atomic E-state index is 0.647. The highest BCUT2D eigenvalue weighted by atomic mass is 28.3. The Morgan fingerprint density at radius 2 is 1.60 bits per heavy atom. The minimum Gasteiger partial charge on any atom is -0.491 e. The lowest BCUT2D eigenvalue weighted by Crippen LogP contribution is -2.14. The predicted octanol–water partition coefficient (Wildman–Crippen LogP) is 2.68. The third kappa shape index (κ3) is 5.00. The molecule has 0 aliphatic heterocycles. The van der Waals surface area contributed by atoms with E-state index in [0.29, 0.717) is 13.2 Å².